The van der Waals surface area contributed by atoms with E-state index in [2.05, 4.69) is 0 Å². The van der Waals surface area contributed by atoms with Crippen LogP contribution < -0.4 is 19.1 Å². The first-order valence-corrected chi connectivity index (χ1v) is 12.6. The molecule has 0 aliphatic carbocycles. The first-order valence-electron chi connectivity index (χ1n) is 12.6. The third-order valence-electron chi connectivity index (χ3n) is 7.89. The van der Waals surface area contributed by atoms with E-state index in [0.717, 1.165) is 11.1 Å². The molecule has 2 fully saturated rings. The lowest BCUT2D eigenvalue weighted by Crippen LogP contribution is -2.44. The van der Waals surface area contributed by atoms with Crippen LogP contribution in [0.25, 0.3) is 6.08 Å². The van der Waals surface area contributed by atoms with Gasteiger partial charge in [-0.15, -0.1) is 0 Å². The number of ether oxygens (including phenoxy) is 3. The first-order chi connectivity index (χ1) is 18.6. The first kappa shape index (κ1) is 22.6. The quantitative estimate of drug-likeness (QED) is 0.391. The molecule has 3 aromatic rings. The van der Waals surface area contributed by atoms with Gasteiger partial charge in [0.2, 0.25) is 11.8 Å². The minimum atomic E-state index is -0.842. The minimum Gasteiger partial charge on any atom is -0.497 e. The summed E-state index contributed by atoms with van der Waals surface area (Å²) in [6.07, 6.45) is 3.79. The molecule has 7 rings (SSSR count). The zero-order valence-electron chi connectivity index (χ0n) is 20.6. The number of carbonyl (C=O) groups is 3. The van der Waals surface area contributed by atoms with Crippen molar-refractivity contribution in [3.63, 3.8) is 0 Å². The van der Waals surface area contributed by atoms with Gasteiger partial charge in [0, 0.05) is 17.8 Å². The maximum atomic E-state index is 14.1. The summed E-state index contributed by atoms with van der Waals surface area (Å²) in [5.74, 6) is -0.772. The second-order valence-electron chi connectivity index (χ2n) is 9.77. The minimum absolute atomic E-state index is 0.209. The molecule has 38 heavy (non-hydrogen) atoms. The van der Waals surface area contributed by atoms with Gasteiger partial charge in [0.25, 0.3) is 0 Å². The summed E-state index contributed by atoms with van der Waals surface area (Å²) in [7, 11) is 1.56. The number of amides is 2. The zero-order valence-corrected chi connectivity index (χ0v) is 20.6. The van der Waals surface area contributed by atoms with Crippen LogP contribution >= 0.6 is 0 Å². The number of fused-ring (bicyclic) bond motifs is 6. The van der Waals surface area contributed by atoms with Crippen LogP contribution in [0.4, 0.5) is 5.69 Å². The van der Waals surface area contributed by atoms with Crippen molar-refractivity contribution in [1.29, 1.82) is 0 Å². The van der Waals surface area contributed by atoms with Gasteiger partial charge in [-0.1, -0.05) is 24.3 Å². The van der Waals surface area contributed by atoms with Crippen LogP contribution in [-0.2, 0) is 9.59 Å². The number of anilines is 1. The van der Waals surface area contributed by atoms with Gasteiger partial charge in [-0.2, -0.15) is 0 Å². The maximum Gasteiger partial charge on any atom is 0.240 e. The Morgan fingerprint density at radius 1 is 0.895 bits per heavy atom. The van der Waals surface area contributed by atoms with Crippen LogP contribution in [0.2, 0.25) is 0 Å². The topological polar surface area (TPSA) is 85.4 Å². The van der Waals surface area contributed by atoms with E-state index in [1.807, 2.05) is 41.4 Å². The Morgan fingerprint density at radius 2 is 1.63 bits per heavy atom. The fourth-order valence-electron chi connectivity index (χ4n) is 6.21. The Bertz CT molecular complexity index is 1510. The molecule has 2 amide bonds. The van der Waals surface area contributed by atoms with E-state index in [1.165, 1.54) is 4.90 Å². The van der Waals surface area contributed by atoms with E-state index < -0.39 is 23.9 Å². The summed E-state index contributed by atoms with van der Waals surface area (Å²) in [5, 5.41) is 0. The van der Waals surface area contributed by atoms with E-state index in [9.17, 15) is 14.4 Å². The van der Waals surface area contributed by atoms with Crippen molar-refractivity contribution in [3.05, 3.63) is 89.6 Å². The second-order valence-corrected chi connectivity index (χ2v) is 9.77. The molecule has 0 saturated carbocycles. The predicted octanol–water partition coefficient (Wildman–Crippen LogP) is 3.86. The molecule has 0 radical (unpaired) electrons. The number of ketones is 1. The highest BCUT2D eigenvalue weighted by Crippen LogP contribution is 2.54. The fraction of sp³-hybridized carbons (Fsp3) is 0.233. The molecule has 0 spiro atoms. The molecule has 8 nitrogen and oxygen atoms in total. The average Bonchev–Trinajstić information content (AvgIpc) is 3.44. The monoisotopic (exact) mass is 508 g/mol. The molecule has 0 N–H and O–H groups in total. The van der Waals surface area contributed by atoms with Gasteiger partial charge in [0.1, 0.15) is 25.0 Å². The largest absolute Gasteiger partial charge is 0.497 e. The summed E-state index contributed by atoms with van der Waals surface area (Å²) in [6.45, 7) is 0.833. The fourth-order valence-corrected chi connectivity index (χ4v) is 6.21. The average molecular weight is 509 g/mol. The number of Topliss-reactive ketones (excluding diaryl/α,β-unsaturated/α-hetero) is 1. The van der Waals surface area contributed by atoms with Crippen molar-refractivity contribution in [2.24, 2.45) is 11.8 Å². The van der Waals surface area contributed by atoms with Crippen LogP contribution in [0.15, 0.2) is 72.9 Å². The molecule has 8 heteroatoms. The summed E-state index contributed by atoms with van der Waals surface area (Å²) in [6, 6.07) is 18.5. The molecule has 4 unspecified atom stereocenters. The van der Waals surface area contributed by atoms with Crippen LogP contribution in [0, 0.1) is 11.8 Å². The lowest BCUT2D eigenvalue weighted by atomic mass is 9.83. The van der Waals surface area contributed by atoms with Crippen LogP contribution in [0.1, 0.15) is 27.5 Å². The molecular formula is C30H24N2O6. The molecule has 0 bridgehead atoms. The van der Waals surface area contributed by atoms with Crippen molar-refractivity contribution < 1.29 is 28.6 Å². The summed E-state index contributed by atoms with van der Waals surface area (Å²) >= 11 is 0. The molecule has 0 aromatic heterocycles. The number of imide groups is 1. The Hall–Kier alpha value is -4.59. The third-order valence-corrected chi connectivity index (χ3v) is 7.89. The maximum absolute atomic E-state index is 14.1. The van der Waals surface area contributed by atoms with Crippen molar-refractivity contribution in [2.45, 2.75) is 12.1 Å². The van der Waals surface area contributed by atoms with Crippen molar-refractivity contribution >= 4 is 29.4 Å². The highest BCUT2D eigenvalue weighted by molar-refractivity contribution is 6.24. The van der Waals surface area contributed by atoms with Crippen molar-refractivity contribution in [3.8, 4) is 17.2 Å². The zero-order chi connectivity index (χ0) is 26.0. The normalized spacial score (nSPS) is 24.7. The predicted molar refractivity (Wildman–Crippen MR) is 138 cm³/mol. The second kappa shape index (κ2) is 8.48. The molecule has 4 heterocycles. The van der Waals surface area contributed by atoms with Gasteiger partial charge in [-0.25, -0.2) is 4.90 Å². The number of benzene rings is 3. The Balaban J connectivity index is 1.33. The Kier molecular flexibility index (Phi) is 5.04. The molecule has 4 aliphatic heterocycles. The van der Waals surface area contributed by atoms with E-state index in [1.54, 1.807) is 49.6 Å². The van der Waals surface area contributed by atoms with Gasteiger partial charge in [0.05, 0.1) is 30.7 Å². The summed E-state index contributed by atoms with van der Waals surface area (Å²) < 4.78 is 16.6. The number of hydrogen-bond donors (Lipinski definition) is 0. The summed E-state index contributed by atoms with van der Waals surface area (Å²) in [4.78, 5) is 45.3. The van der Waals surface area contributed by atoms with Crippen LogP contribution in [-0.4, -0.2) is 48.9 Å². The van der Waals surface area contributed by atoms with Gasteiger partial charge < -0.3 is 19.1 Å². The van der Waals surface area contributed by atoms with Gasteiger partial charge >= 0.3 is 0 Å². The number of nitrogens with zero attached hydrogens (tertiary/aromatic N) is 2. The number of methoxy groups -OCH3 is 1. The van der Waals surface area contributed by atoms with E-state index >= 15 is 0 Å². The lowest BCUT2D eigenvalue weighted by molar-refractivity contribution is -0.123. The van der Waals surface area contributed by atoms with Crippen LogP contribution in [0.3, 0.4) is 0 Å². The highest BCUT2D eigenvalue weighted by Gasteiger charge is 2.64. The molecule has 4 aliphatic rings. The van der Waals surface area contributed by atoms with Gasteiger partial charge in [-0.05, 0) is 53.6 Å². The molecule has 2 saturated heterocycles. The van der Waals surface area contributed by atoms with E-state index in [-0.39, 0.29) is 17.6 Å². The smallest absolute Gasteiger partial charge is 0.240 e. The van der Waals surface area contributed by atoms with Gasteiger partial charge in [0.15, 0.2) is 17.3 Å². The number of rotatable bonds is 4. The molecule has 3 aromatic carbocycles. The SMILES string of the molecule is COc1ccc(C(=O)C2C3C(=O)N(c4ccc5c(c4)OCCO5)C(=O)C3C3c4ccccc4C=CN23)cc1. The highest BCUT2D eigenvalue weighted by atomic mass is 16.6. The van der Waals surface area contributed by atoms with Gasteiger partial charge in [-0.3, -0.25) is 14.4 Å². The molecule has 4 atom stereocenters. The Morgan fingerprint density at radius 3 is 2.42 bits per heavy atom. The van der Waals surface area contributed by atoms with Crippen LogP contribution in [0.5, 0.6) is 17.2 Å². The third kappa shape index (κ3) is 3.19. The Labute approximate surface area is 219 Å². The molecular weight excluding hydrogens is 484 g/mol. The van der Waals surface area contributed by atoms with E-state index in [0.29, 0.717) is 41.7 Å². The number of carbonyl (C=O) groups excluding carboxylic acids is 3. The van der Waals surface area contributed by atoms with E-state index in [4.69, 9.17) is 14.2 Å². The number of hydrogen-bond acceptors (Lipinski definition) is 7. The summed E-state index contributed by atoms with van der Waals surface area (Å²) in [5.41, 5.74) is 2.78. The van der Waals surface area contributed by atoms with Crippen molar-refractivity contribution in [2.75, 3.05) is 25.2 Å². The lowest BCUT2D eigenvalue weighted by Gasteiger charge is -2.35. The standard InChI is InChI=1S/C30H24N2O6/c1-36-20-9-6-18(7-10-20)28(33)27-25-24(26-21-5-3-2-4-17(21)12-13-31(26)27)29(34)32(30(25)35)19-8-11-22-23(16-19)38-15-14-37-22/h2-13,16,24-27H,14-15H2,1H3. The molecule has 190 valence electrons. The van der Waals surface area contributed by atoms with Crippen molar-refractivity contribution in [1.82, 2.24) is 4.90 Å².